The molecule has 0 saturated heterocycles. The fraction of sp³-hybridized carbons (Fsp3) is 0.500. The number of nitriles is 1. The number of nitrogens with zero attached hydrogens (tertiary/aromatic N) is 2. The summed E-state index contributed by atoms with van der Waals surface area (Å²) < 4.78 is 0. The summed E-state index contributed by atoms with van der Waals surface area (Å²) in [6.45, 7) is 0.375. The number of hydrogen-bond acceptors (Lipinski definition) is 4. The second kappa shape index (κ2) is 7.21. The highest BCUT2D eigenvalue weighted by Crippen LogP contribution is 2.21. The maximum absolute atomic E-state index is 12.0. The quantitative estimate of drug-likeness (QED) is 0.882. The van der Waals surface area contributed by atoms with E-state index in [0.29, 0.717) is 24.2 Å². The van der Waals surface area contributed by atoms with Gasteiger partial charge in [0.2, 0.25) is 5.91 Å². The molecule has 0 aromatic heterocycles. The summed E-state index contributed by atoms with van der Waals surface area (Å²) in [7, 11) is 1.99. The van der Waals surface area contributed by atoms with Crippen molar-refractivity contribution in [1.29, 1.82) is 5.26 Å². The predicted molar refractivity (Wildman–Crippen MR) is 82.6 cm³/mol. The number of anilines is 1. The molecule has 112 valence electrons. The Morgan fingerprint density at radius 2 is 1.95 bits per heavy atom. The summed E-state index contributed by atoms with van der Waals surface area (Å²) in [5, 5.41) is 11.6. The van der Waals surface area contributed by atoms with Crippen molar-refractivity contribution >= 4 is 11.6 Å². The maximum atomic E-state index is 12.0. The number of likely N-dealkylation sites (N-methyl/N-ethyl adjacent to an activating group) is 1. The van der Waals surface area contributed by atoms with Crippen LogP contribution in [0.1, 0.15) is 31.2 Å². The number of benzene rings is 1. The van der Waals surface area contributed by atoms with Crippen molar-refractivity contribution in [2.45, 2.75) is 37.8 Å². The Labute approximate surface area is 125 Å². The Bertz CT molecular complexity index is 512. The zero-order chi connectivity index (χ0) is 15.2. The molecule has 1 aromatic rings. The van der Waals surface area contributed by atoms with Gasteiger partial charge in [-0.1, -0.05) is 0 Å². The predicted octanol–water partition coefficient (Wildman–Crippen LogP) is 1.70. The molecule has 0 spiro atoms. The highest BCUT2D eigenvalue weighted by Gasteiger charge is 2.23. The van der Waals surface area contributed by atoms with Crippen LogP contribution in [0.25, 0.3) is 0 Å². The van der Waals surface area contributed by atoms with E-state index < -0.39 is 0 Å². The molecule has 0 radical (unpaired) electrons. The first-order valence-electron chi connectivity index (χ1n) is 7.34. The summed E-state index contributed by atoms with van der Waals surface area (Å²) in [6, 6.07) is 9.70. The van der Waals surface area contributed by atoms with Gasteiger partial charge in [-0.3, -0.25) is 9.69 Å². The molecule has 3 N–H and O–H groups in total. The van der Waals surface area contributed by atoms with Crippen molar-refractivity contribution in [3.8, 4) is 6.07 Å². The van der Waals surface area contributed by atoms with Crippen molar-refractivity contribution in [3.63, 3.8) is 0 Å². The van der Waals surface area contributed by atoms with Crippen molar-refractivity contribution in [2.24, 2.45) is 5.73 Å². The summed E-state index contributed by atoms with van der Waals surface area (Å²) in [5.74, 6) is -0.0305. The van der Waals surface area contributed by atoms with E-state index in [-0.39, 0.29) is 5.91 Å². The minimum absolute atomic E-state index is 0.0305. The van der Waals surface area contributed by atoms with E-state index >= 15 is 0 Å². The van der Waals surface area contributed by atoms with Gasteiger partial charge in [-0.05, 0) is 57.0 Å². The van der Waals surface area contributed by atoms with E-state index in [4.69, 9.17) is 11.0 Å². The highest BCUT2D eigenvalue weighted by molar-refractivity contribution is 5.92. The second-order valence-corrected chi connectivity index (χ2v) is 5.72. The molecule has 0 heterocycles. The molecular formula is C16H22N4O. The van der Waals surface area contributed by atoms with Gasteiger partial charge in [0.25, 0.3) is 0 Å². The first kappa shape index (κ1) is 15.5. The number of amides is 1. The van der Waals surface area contributed by atoms with Crippen LogP contribution in [0.15, 0.2) is 24.3 Å². The van der Waals surface area contributed by atoms with Crippen molar-refractivity contribution in [3.05, 3.63) is 29.8 Å². The van der Waals surface area contributed by atoms with E-state index in [0.717, 1.165) is 31.4 Å². The fourth-order valence-electron chi connectivity index (χ4n) is 2.73. The van der Waals surface area contributed by atoms with Gasteiger partial charge in [0.05, 0.1) is 18.2 Å². The summed E-state index contributed by atoms with van der Waals surface area (Å²) >= 11 is 0. The Morgan fingerprint density at radius 3 is 2.52 bits per heavy atom. The fourth-order valence-corrected chi connectivity index (χ4v) is 2.73. The van der Waals surface area contributed by atoms with Crippen LogP contribution in [0.3, 0.4) is 0 Å². The lowest BCUT2D eigenvalue weighted by Gasteiger charge is -2.33. The normalized spacial score (nSPS) is 21.8. The van der Waals surface area contributed by atoms with Gasteiger partial charge in [-0.2, -0.15) is 5.26 Å². The summed E-state index contributed by atoms with van der Waals surface area (Å²) in [6.07, 6.45) is 4.18. The number of carbonyl (C=O) groups is 1. The number of rotatable bonds is 4. The van der Waals surface area contributed by atoms with Gasteiger partial charge in [-0.15, -0.1) is 0 Å². The third-order valence-electron chi connectivity index (χ3n) is 4.06. The van der Waals surface area contributed by atoms with Crippen LogP contribution in [0, 0.1) is 11.3 Å². The zero-order valence-corrected chi connectivity index (χ0v) is 12.4. The molecule has 0 aliphatic heterocycles. The van der Waals surface area contributed by atoms with Gasteiger partial charge >= 0.3 is 0 Å². The smallest absolute Gasteiger partial charge is 0.238 e. The topological polar surface area (TPSA) is 82.2 Å². The van der Waals surface area contributed by atoms with E-state index in [1.54, 1.807) is 24.3 Å². The minimum atomic E-state index is -0.0305. The Kier molecular flexibility index (Phi) is 5.32. The van der Waals surface area contributed by atoms with Crippen LogP contribution in [0.4, 0.5) is 5.69 Å². The number of hydrogen-bond donors (Lipinski definition) is 2. The summed E-state index contributed by atoms with van der Waals surface area (Å²) in [4.78, 5) is 14.1. The van der Waals surface area contributed by atoms with E-state index in [1.165, 1.54) is 0 Å². The van der Waals surface area contributed by atoms with Crippen LogP contribution in [-0.2, 0) is 4.79 Å². The van der Waals surface area contributed by atoms with Gasteiger partial charge < -0.3 is 11.1 Å². The van der Waals surface area contributed by atoms with Crippen molar-refractivity contribution in [2.75, 3.05) is 18.9 Å². The van der Waals surface area contributed by atoms with Crippen molar-refractivity contribution in [1.82, 2.24) is 4.90 Å². The van der Waals surface area contributed by atoms with Crippen LogP contribution >= 0.6 is 0 Å². The molecule has 1 aliphatic rings. The molecule has 1 aromatic carbocycles. The lowest BCUT2D eigenvalue weighted by molar-refractivity contribution is -0.117. The van der Waals surface area contributed by atoms with Crippen LogP contribution in [0.2, 0.25) is 0 Å². The molecular weight excluding hydrogens is 264 g/mol. The molecule has 1 aliphatic carbocycles. The molecule has 5 heteroatoms. The third-order valence-corrected chi connectivity index (χ3v) is 4.06. The average molecular weight is 286 g/mol. The van der Waals surface area contributed by atoms with Gasteiger partial charge in [0.15, 0.2) is 0 Å². The van der Waals surface area contributed by atoms with Gasteiger partial charge in [0.1, 0.15) is 0 Å². The molecule has 1 saturated carbocycles. The highest BCUT2D eigenvalue weighted by atomic mass is 16.2. The lowest BCUT2D eigenvalue weighted by Crippen LogP contribution is -2.42. The third kappa shape index (κ3) is 4.55. The summed E-state index contributed by atoms with van der Waals surface area (Å²) in [5.41, 5.74) is 7.21. The lowest BCUT2D eigenvalue weighted by atomic mass is 9.91. The van der Waals surface area contributed by atoms with Gasteiger partial charge in [0, 0.05) is 17.8 Å². The first-order valence-corrected chi connectivity index (χ1v) is 7.34. The standard InChI is InChI=1S/C16H22N4O/c1-20(15-8-4-13(18)5-9-15)11-16(21)19-14-6-2-12(10-17)3-7-14/h2-3,6-7,13,15H,4-5,8-9,11,18H2,1H3,(H,19,21). The Balaban J connectivity index is 1.82. The van der Waals surface area contributed by atoms with E-state index in [1.807, 2.05) is 7.05 Å². The van der Waals surface area contributed by atoms with E-state index in [9.17, 15) is 4.79 Å². The Morgan fingerprint density at radius 1 is 1.33 bits per heavy atom. The molecule has 2 rings (SSSR count). The average Bonchev–Trinajstić information content (AvgIpc) is 2.48. The van der Waals surface area contributed by atoms with Crippen LogP contribution < -0.4 is 11.1 Å². The molecule has 5 nitrogen and oxygen atoms in total. The first-order chi connectivity index (χ1) is 10.1. The largest absolute Gasteiger partial charge is 0.328 e. The molecule has 1 fully saturated rings. The van der Waals surface area contributed by atoms with Crippen LogP contribution in [0.5, 0.6) is 0 Å². The molecule has 0 bridgehead atoms. The Hall–Kier alpha value is -1.90. The molecule has 0 unspecified atom stereocenters. The maximum Gasteiger partial charge on any atom is 0.238 e. The number of nitrogens with two attached hydrogens (primary N) is 1. The monoisotopic (exact) mass is 286 g/mol. The minimum Gasteiger partial charge on any atom is -0.328 e. The zero-order valence-electron chi connectivity index (χ0n) is 12.4. The molecule has 0 atom stereocenters. The number of nitrogens with one attached hydrogen (secondary N) is 1. The van der Waals surface area contributed by atoms with Crippen LogP contribution in [-0.4, -0.2) is 36.5 Å². The van der Waals surface area contributed by atoms with Gasteiger partial charge in [-0.25, -0.2) is 0 Å². The second-order valence-electron chi connectivity index (χ2n) is 5.72. The number of carbonyl (C=O) groups excluding carboxylic acids is 1. The van der Waals surface area contributed by atoms with E-state index in [2.05, 4.69) is 16.3 Å². The molecule has 21 heavy (non-hydrogen) atoms. The SMILES string of the molecule is CN(CC(=O)Nc1ccc(C#N)cc1)C1CCC(N)CC1. The molecule has 1 amide bonds. The van der Waals surface area contributed by atoms with Crippen molar-refractivity contribution < 1.29 is 4.79 Å².